The molecule has 0 spiro atoms. The minimum atomic E-state index is -0.316. The number of rotatable bonds is 15. The fourth-order valence-corrected chi connectivity index (χ4v) is 9.68. The molecule has 0 aromatic heterocycles. The van der Waals surface area contributed by atoms with Crippen LogP contribution in [0.1, 0.15) is 112 Å². The third kappa shape index (κ3) is 7.89. The summed E-state index contributed by atoms with van der Waals surface area (Å²) < 4.78 is 16.8. The lowest BCUT2D eigenvalue weighted by molar-refractivity contribution is -0.0581. The molecule has 236 valence electrons. The van der Waals surface area contributed by atoms with Gasteiger partial charge in [-0.05, 0) is 104 Å². The van der Waals surface area contributed by atoms with Crippen LogP contribution in [0.4, 0.5) is 4.79 Å². The predicted octanol–water partition coefficient (Wildman–Crippen LogP) is 7.50. The zero-order chi connectivity index (χ0) is 29.5. The number of ether oxygens (including phenoxy) is 3. The second-order valence-electron chi connectivity index (χ2n) is 14.9. The normalized spacial score (nSPS) is 35.3. The molecule has 4 unspecified atom stereocenters. The molecule has 0 radical (unpaired) electrons. The Labute approximate surface area is 251 Å². The molecule has 3 saturated carbocycles. The van der Waals surface area contributed by atoms with Gasteiger partial charge in [-0.3, -0.25) is 0 Å². The maximum Gasteiger partial charge on any atom is 0.407 e. The second-order valence-corrected chi connectivity index (χ2v) is 14.9. The smallest absolute Gasteiger partial charge is 0.407 e. The molecule has 3 fully saturated rings. The molecule has 0 aromatic carbocycles. The first-order valence-electron chi connectivity index (χ1n) is 17.2. The molecule has 3 N–H and O–H groups in total. The van der Waals surface area contributed by atoms with Gasteiger partial charge in [-0.2, -0.15) is 0 Å². The Hall–Kier alpha value is -1.11. The van der Waals surface area contributed by atoms with Crippen molar-refractivity contribution in [3.63, 3.8) is 0 Å². The summed E-state index contributed by atoms with van der Waals surface area (Å²) in [5, 5.41) is 2.87. The van der Waals surface area contributed by atoms with Gasteiger partial charge in [0.05, 0.1) is 19.8 Å². The number of hydrogen-bond acceptors (Lipinski definition) is 5. The first kappa shape index (κ1) is 32.8. The van der Waals surface area contributed by atoms with Crippen LogP contribution in [0, 0.1) is 46.3 Å². The lowest BCUT2D eigenvalue weighted by Gasteiger charge is -2.58. The number of fused-ring (bicyclic) bond motifs is 5. The third-order valence-electron chi connectivity index (χ3n) is 11.9. The van der Waals surface area contributed by atoms with E-state index in [4.69, 9.17) is 19.9 Å². The fourth-order valence-electron chi connectivity index (χ4n) is 9.68. The summed E-state index contributed by atoms with van der Waals surface area (Å²) in [4.78, 5) is 12.5. The Morgan fingerprint density at radius 1 is 0.976 bits per heavy atom. The van der Waals surface area contributed by atoms with E-state index in [1.165, 1.54) is 51.4 Å². The summed E-state index contributed by atoms with van der Waals surface area (Å²) in [6.07, 6.45) is 17.2. The van der Waals surface area contributed by atoms with Crippen LogP contribution in [-0.2, 0) is 14.2 Å². The third-order valence-corrected chi connectivity index (χ3v) is 11.9. The highest BCUT2D eigenvalue weighted by Crippen LogP contribution is 2.67. The average Bonchev–Trinajstić information content (AvgIpc) is 3.29. The lowest BCUT2D eigenvalue weighted by Crippen LogP contribution is -2.51. The Morgan fingerprint density at radius 3 is 2.51 bits per heavy atom. The van der Waals surface area contributed by atoms with Crippen LogP contribution < -0.4 is 11.1 Å². The van der Waals surface area contributed by atoms with Crippen molar-refractivity contribution in [1.82, 2.24) is 5.32 Å². The molecule has 4 aliphatic rings. The standard InChI is InChI=1S/C35H62N2O4/c1-25(2)8-6-9-26(3)30-12-13-31-29-11-10-27-24-28(14-16-34(27,4)32(29)15-17-35(30,31)5)41-33(38)37-19-21-40-23-22-39-20-7-18-36/h10,25-26,28-32H,6-9,11-24,36H2,1-5H3,(H,37,38)/t26-,28?,29?,30-,31?,32?,34+,35-/m0/s1. The van der Waals surface area contributed by atoms with E-state index < -0.39 is 0 Å². The minimum absolute atomic E-state index is 0.0147. The zero-order valence-corrected chi connectivity index (χ0v) is 27.1. The molecule has 0 aliphatic heterocycles. The average molecular weight is 575 g/mol. The monoisotopic (exact) mass is 574 g/mol. The van der Waals surface area contributed by atoms with Crippen LogP contribution in [0.15, 0.2) is 11.6 Å². The molecule has 0 bridgehead atoms. The Balaban J connectivity index is 1.24. The molecule has 4 rings (SSSR count). The van der Waals surface area contributed by atoms with E-state index in [1.54, 1.807) is 5.57 Å². The van der Waals surface area contributed by atoms with E-state index in [9.17, 15) is 4.79 Å². The lowest BCUT2D eigenvalue weighted by atomic mass is 9.47. The van der Waals surface area contributed by atoms with Crippen LogP contribution in [0.25, 0.3) is 0 Å². The van der Waals surface area contributed by atoms with E-state index in [-0.39, 0.29) is 17.6 Å². The van der Waals surface area contributed by atoms with Crippen LogP contribution in [0.2, 0.25) is 0 Å². The number of amides is 1. The molecule has 8 atom stereocenters. The number of hydrogen-bond donors (Lipinski definition) is 2. The van der Waals surface area contributed by atoms with Crippen molar-refractivity contribution in [1.29, 1.82) is 0 Å². The van der Waals surface area contributed by atoms with Crippen molar-refractivity contribution in [2.24, 2.45) is 52.1 Å². The minimum Gasteiger partial charge on any atom is -0.446 e. The van der Waals surface area contributed by atoms with Crippen molar-refractivity contribution < 1.29 is 19.0 Å². The van der Waals surface area contributed by atoms with E-state index in [0.29, 0.717) is 44.9 Å². The van der Waals surface area contributed by atoms with Gasteiger partial charge in [0.2, 0.25) is 0 Å². The second kappa shape index (κ2) is 15.1. The largest absolute Gasteiger partial charge is 0.446 e. The highest BCUT2D eigenvalue weighted by molar-refractivity contribution is 5.67. The molecule has 0 heterocycles. The van der Waals surface area contributed by atoms with Gasteiger partial charge >= 0.3 is 6.09 Å². The van der Waals surface area contributed by atoms with Crippen molar-refractivity contribution in [3.05, 3.63) is 11.6 Å². The number of alkyl carbamates (subject to hydrolysis) is 1. The topological polar surface area (TPSA) is 82.8 Å². The van der Waals surface area contributed by atoms with Gasteiger partial charge in [0.1, 0.15) is 6.10 Å². The SMILES string of the molecule is CC(C)CCC[C@H](C)[C@@H]1CCC2C3CC=C4CC(OC(=O)NCCOCCOCCCN)CC[C@@]4(C)C3CC[C@]21C. The zero-order valence-electron chi connectivity index (χ0n) is 27.1. The van der Waals surface area contributed by atoms with Crippen molar-refractivity contribution >= 4 is 6.09 Å². The van der Waals surface area contributed by atoms with Crippen molar-refractivity contribution in [2.45, 2.75) is 118 Å². The van der Waals surface area contributed by atoms with E-state index in [1.807, 2.05) is 0 Å². The molecule has 4 aliphatic carbocycles. The molecule has 6 nitrogen and oxygen atoms in total. The fraction of sp³-hybridized carbons (Fsp3) is 0.914. The van der Waals surface area contributed by atoms with Gasteiger partial charge < -0.3 is 25.3 Å². The molecule has 6 heteroatoms. The Bertz CT molecular complexity index is 861. The van der Waals surface area contributed by atoms with Crippen LogP contribution >= 0.6 is 0 Å². The summed E-state index contributed by atoms with van der Waals surface area (Å²) in [5.74, 6) is 5.10. The van der Waals surface area contributed by atoms with Crippen molar-refractivity contribution in [2.75, 3.05) is 39.5 Å². The van der Waals surface area contributed by atoms with Crippen molar-refractivity contribution in [3.8, 4) is 0 Å². The highest BCUT2D eigenvalue weighted by Gasteiger charge is 2.59. The molecule has 0 aromatic rings. The quantitative estimate of drug-likeness (QED) is 0.156. The molecule has 0 saturated heterocycles. The van der Waals surface area contributed by atoms with Gasteiger partial charge in [0, 0.05) is 19.6 Å². The summed E-state index contributed by atoms with van der Waals surface area (Å²) in [7, 11) is 0. The van der Waals surface area contributed by atoms with E-state index in [0.717, 1.165) is 61.2 Å². The van der Waals surface area contributed by atoms with Gasteiger partial charge in [-0.15, -0.1) is 0 Å². The Morgan fingerprint density at radius 2 is 1.76 bits per heavy atom. The number of carbonyl (C=O) groups is 1. The van der Waals surface area contributed by atoms with Crippen LogP contribution in [0.3, 0.4) is 0 Å². The van der Waals surface area contributed by atoms with Gasteiger partial charge in [-0.25, -0.2) is 4.79 Å². The first-order chi connectivity index (χ1) is 19.7. The number of nitrogens with one attached hydrogen (secondary N) is 1. The van der Waals surface area contributed by atoms with Gasteiger partial charge in [0.15, 0.2) is 0 Å². The molecule has 1 amide bonds. The van der Waals surface area contributed by atoms with E-state index >= 15 is 0 Å². The summed E-state index contributed by atoms with van der Waals surface area (Å²) in [5.41, 5.74) is 7.83. The Kier molecular flexibility index (Phi) is 12.0. The first-order valence-corrected chi connectivity index (χ1v) is 17.2. The maximum atomic E-state index is 12.5. The van der Waals surface area contributed by atoms with Crippen LogP contribution in [0.5, 0.6) is 0 Å². The number of allylic oxidation sites excluding steroid dienone is 1. The molecular formula is C35H62N2O4. The molecule has 41 heavy (non-hydrogen) atoms. The highest BCUT2D eigenvalue weighted by atomic mass is 16.6. The summed E-state index contributed by atoms with van der Waals surface area (Å²) in [6.45, 7) is 15.8. The van der Waals surface area contributed by atoms with Crippen LogP contribution in [-0.4, -0.2) is 51.7 Å². The predicted molar refractivity (Wildman–Crippen MR) is 167 cm³/mol. The summed E-state index contributed by atoms with van der Waals surface area (Å²) >= 11 is 0. The van der Waals surface area contributed by atoms with Gasteiger partial charge in [0.25, 0.3) is 0 Å². The maximum absolute atomic E-state index is 12.5. The van der Waals surface area contributed by atoms with E-state index in [2.05, 4.69) is 46.0 Å². The number of nitrogens with two attached hydrogens (primary N) is 1. The van der Waals surface area contributed by atoms with Gasteiger partial charge in [-0.1, -0.05) is 65.5 Å². The molecular weight excluding hydrogens is 512 g/mol. The number of carbonyl (C=O) groups excluding carboxylic acids is 1. The summed E-state index contributed by atoms with van der Waals surface area (Å²) in [6, 6.07) is 0.